The lowest BCUT2D eigenvalue weighted by Crippen LogP contribution is -2.41. The van der Waals surface area contributed by atoms with Crippen LogP contribution in [0.2, 0.25) is 0 Å². The van der Waals surface area contributed by atoms with Gasteiger partial charge in [-0.15, -0.1) is 0 Å². The third-order valence-corrected chi connectivity index (χ3v) is 5.03. The number of hydrogen-bond donors (Lipinski definition) is 1. The Balaban J connectivity index is 1.59. The highest BCUT2D eigenvalue weighted by molar-refractivity contribution is 6.21. The molecule has 1 aliphatic heterocycles. The highest BCUT2D eigenvalue weighted by Gasteiger charge is 2.35. The Kier molecular flexibility index (Phi) is 6.61. The van der Waals surface area contributed by atoms with Gasteiger partial charge in [0.1, 0.15) is 0 Å². The molecule has 0 saturated carbocycles. The van der Waals surface area contributed by atoms with Crippen LogP contribution in [0.4, 0.5) is 5.69 Å². The smallest absolute Gasteiger partial charge is 0.261 e. The molecule has 0 aromatic heterocycles. The Morgan fingerprint density at radius 3 is 2.17 bits per heavy atom. The van der Waals surface area contributed by atoms with Gasteiger partial charge < -0.3 is 10.2 Å². The van der Waals surface area contributed by atoms with Gasteiger partial charge in [-0.3, -0.25) is 24.1 Å². The van der Waals surface area contributed by atoms with Gasteiger partial charge in [0.15, 0.2) is 0 Å². The van der Waals surface area contributed by atoms with Crippen molar-refractivity contribution in [1.82, 2.24) is 9.80 Å². The minimum atomic E-state index is -0.386. The zero-order valence-electron chi connectivity index (χ0n) is 17.2. The molecule has 0 fully saturated rings. The van der Waals surface area contributed by atoms with Crippen LogP contribution in [0.1, 0.15) is 46.0 Å². The van der Waals surface area contributed by atoms with Crippen molar-refractivity contribution in [2.24, 2.45) is 0 Å². The SMILES string of the molecule is CCCN(CC(=O)Nc1ccccc1C)C(=O)CCN1C(=O)c2ccccc2C1=O. The van der Waals surface area contributed by atoms with Crippen LogP contribution in [0, 0.1) is 6.92 Å². The molecule has 2 aromatic carbocycles. The predicted molar refractivity (Wildman–Crippen MR) is 113 cm³/mol. The van der Waals surface area contributed by atoms with Crippen LogP contribution >= 0.6 is 0 Å². The number of aryl methyl sites for hydroxylation is 1. The number of nitrogens with zero attached hydrogens (tertiary/aromatic N) is 2. The molecule has 7 heteroatoms. The van der Waals surface area contributed by atoms with Crippen molar-refractivity contribution in [3.63, 3.8) is 0 Å². The molecule has 7 nitrogen and oxygen atoms in total. The monoisotopic (exact) mass is 407 g/mol. The van der Waals surface area contributed by atoms with Crippen molar-refractivity contribution in [2.45, 2.75) is 26.7 Å². The van der Waals surface area contributed by atoms with Crippen molar-refractivity contribution < 1.29 is 19.2 Å². The number of fused-ring (bicyclic) bond motifs is 1. The minimum absolute atomic E-state index is 0.00912. The van der Waals surface area contributed by atoms with Crippen molar-refractivity contribution in [1.29, 1.82) is 0 Å². The van der Waals surface area contributed by atoms with E-state index in [9.17, 15) is 19.2 Å². The Morgan fingerprint density at radius 2 is 1.57 bits per heavy atom. The summed E-state index contributed by atoms with van der Waals surface area (Å²) in [4.78, 5) is 52.6. The number of amides is 4. The molecule has 0 unspecified atom stereocenters. The molecular formula is C23H25N3O4. The lowest BCUT2D eigenvalue weighted by Gasteiger charge is -2.23. The molecule has 0 saturated heterocycles. The number of carbonyl (C=O) groups is 4. The quantitative estimate of drug-likeness (QED) is 0.682. The van der Waals surface area contributed by atoms with Crippen molar-refractivity contribution >= 4 is 29.3 Å². The normalized spacial score (nSPS) is 12.7. The highest BCUT2D eigenvalue weighted by atomic mass is 16.2. The van der Waals surface area contributed by atoms with E-state index in [0.717, 1.165) is 10.5 Å². The summed E-state index contributed by atoms with van der Waals surface area (Å²) in [6.45, 7) is 4.15. The van der Waals surface area contributed by atoms with Crippen LogP contribution in [-0.4, -0.2) is 53.1 Å². The average Bonchev–Trinajstić information content (AvgIpc) is 2.98. The van der Waals surface area contributed by atoms with Crippen molar-refractivity contribution in [3.05, 3.63) is 65.2 Å². The van der Waals surface area contributed by atoms with Crippen molar-refractivity contribution in [3.8, 4) is 0 Å². The van der Waals surface area contributed by atoms with Gasteiger partial charge in [0.25, 0.3) is 11.8 Å². The average molecular weight is 407 g/mol. The van der Waals surface area contributed by atoms with E-state index in [-0.39, 0.29) is 43.1 Å². The summed E-state index contributed by atoms with van der Waals surface area (Å²) < 4.78 is 0. The maximum Gasteiger partial charge on any atom is 0.261 e. The van der Waals surface area contributed by atoms with Gasteiger partial charge in [-0.05, 0) is 37.1 Å². The summed E-state index contributed by atoms with van der Waals surface area (Å²) in [6.07, 6.45) is 0.666. The van der Waals surface area contributed by atoms with Crippen LogP contribution < -0.4 is 5.32 Å². The van der Waals surface area contributed by atoms with Crippen LogP contribution in [0.5, 0.6) is 0 Å². The molecule has 2 aromatic rings. The molecule has 1 N–H and O–H groups in total. The van der Waals surface area contributed by atoms with Crippen LogP contribution in [0.3, 0.4) is 0 Å². The van der Waals surface area contributed by atoms with E-state index in [2.05, 4.69) is 5.32 Å². The molecule has 0 aliphatic carbocycles. The second kappa shape index (κ2) is 9.35. The highest BCUT2D eigenvalue weighted by Crippen LogP contribution is 2.22. The molecule has 1 heterocycles. The fourth-order valence-electron chi connectivity index (χ4n) is 3.45. The number of anilines is 1. The summed E-state index contributed by atoms with van der Waals surface area (Å²) in [5.74, 6) is -1.33. The maximum absolute atomic E-state index is 12.7. The van der Waals surface area contributed by atoms with Gasteiger partial charge in [-0.2, -0.15) is 0 Å². The first-order valence-electron chi connectivity index (χ1n) is 10.0. The molecular weight excluding hydrogens is 382 g/mol. The number of benzene rings is 2. The maximum atomic E-state index is 12.7. The number of imide groups is 1. The Morgan fingerprint density at radius 1 is 0.967 bits per heavy atom. The standard InChI is InChI=1S/C23H25N3O4/c1-3-13-25(15-20(27)24-19-11-7-4-8-16(19)2)21(28)12-14-26-22(29)17-9-5-6-10-18(17)23(26)30/h4-11H,3,12-15H2,1-2H3,(H,24,27). The third-order valence-electron chi connectivity index (χ3n) is 5.03. The zero-order chi connectivity index (χ0) is 21.7. The van der Waals surface area contributed by atoms with Gasteiger partial charge in [0.05, 0.1) is 17.7 Å². The summed E-state index contributed by atoms with van der Waals surface area (Å²) in [6, 6.07) is 14.0. The van der Waals surface area contributed by atoms with Crippen LogP contribution in [0.25, 0.3) is 0 Å². The van der Waals surface area contributed by atoms with E-state index in [0.29, 0.717) is 29.8 Å². The Bertz CT molecular complexity index is 951. The lowest BCUT2D eigenvalue weighted by atomic mass is 10.1. The first-order valence-corrected chi connectivity index (χ1v) is 10.0. The largest absolute Gasteiger partial charge is 0.333 e. The summed E-state index contributed by atoms with van der Waals surface area (Å²) in [7, 11) is 0. The number of carbonyl (C=O) groups excluding carboxylic acids is 4. The second-order valence-electron chi connectivity index (χ2n) is 7.24. The summed E-state index contributed by atoms with van der Waals surface area (Å²) in [5.41, 5.74) is 2.36. The number of nitrogens with one attached hydrogen (secondary N) is 1. The fraction of sp³-hybridized carbons (Fsp3) is 0.304. The first-order chi connectivity index (χ1) is 14.4. The number of rotatable bonds is 8. The van der Waals surface area contributed by atoms with Crippen molar-refractivity contribution in [2.75, 3.05) is 25.0 Å². The summed E-state index contributed by atoms with van der Waals surface area (Å²) >= 11 is 0. The fourth-order valence-corrected chi connectivity index (χ4v) is 3.45. The minimum Gasteiger partial charge on any atom is -0.333 e. The van der Waals surface area contributed by atoms with Gasteiger partial charge in [0.2, 0.25) is 11.8 Å². The van der Waals surface area contributed by atoms with Gasteiger partial charge in [-0.25, -0.2) is 0 Å². The number of para-hydroxylation sites is 1. The molecule has 3 rings (SSSR count). The van der Waals surface area contributed by atoms with Gasteiger partial charge >= 0.3 is 0 Å². The third kappa shape index (κ3) is 4.56. The Hall–Kier alpha value is -3.48. The van der Waals surface area contributed by atoms with Gasteiger partial charge in [0, 0.05) is 25.2 Å². The van der Waals surface area contributed by atoms with E-state index < -0.39 is 0 Å². The van der Waals surface area contributed by atoms with Gasteiger partial charge in [-0.1, -0.05) is 37.3 Å². The van der Waals surface area contributed by atoms with E-state index in [4.69, 9.17) is 0 Å². The topological polar surface area (TPSA) is 86.8 Å². The molecule has 156 valence electrons. The molecule has 0 atom stereocenters. The summed E-state index contributed by atoms with van der Waals surface area (Å²) in [5, 5.41) is 2.83. The van der Waals surface area contributed by atoms with E-state index in [1.807, 2.05) is 38.1 Å². The zero-order valence-corrected chi connectivity index (χ0v) is 17.2. The van der Waals surface area contributed by atoms with E-state index in [1.54, 1.807) is 24.3 Å². The van der Waals surface area contributed by atoms with Crippen LogP contribution in [-0.2, 0) is 9.59 Å². The Labute approximate surface area is 175 Å². The van der Waals surface area contributed by atoms with E-state index >= 15 is 0 Å². The molecule has 0 spiro atoms. The van der Waals surface area contributed by atoms with Crippen LogP contribution in [0.15, 0.2) is 48.5 Å². The molecule has 0 bridgehead atoms. The van der Waals surface area contributed by atoms with E-state index in [1.165, 1.54) is 4.90 Å². The molecule has 0 radical (unpaired) electrons. The predicted octanol–water partition coefficient (Wildman–Crippen LogP) is 2.86. The lowest BCUT2D eigenvalue weighted by molar-refractivity contribution is -0.134. The molecule has 4 amide bonds. The first kappa shape index (κ1) is 21.2. The molecule has 30 heavy (non-hydrogen) atoms. The molecule has 1 aliphatic rings. The second-order valence-corrected chi connectivity index (χ2v) is 7.24. The number of hydrogen-bond acceptors (Lipinski definition) is 4.